The summed E-state index contributed by atoms with van der Waals surface area (Å²) in [4.78, 5) is 12.3. The summed E-state index contributed by atoms with van der Waals surface area (Å²) in [5.74, 6) is 3.25. The van der Waals surface area contributed by atoms with Gasteiger partial charge in [-0.2, -0.15) is 0 Å². The van der Waals surface area contributed by atoms with Gasteiger partial charge in [0.25, 0.3) is 0 Å². The number of hydrogen-bond donors (Lipinski definition) is 0. The van der Waals surface area contributed by atoms with Crippen LogP contribution in [0.1, 0.15) is 127 Å². The fourth-order valence-electron chi connectivity index (χ4n) is 7.93. The molecule has 4 rings (SSSR count). The number of esters is 1. The largest absolute Gasteiger partial charge is 0.457 e. The molecular formula is C38H62O4Si. The van der Waals surface area contributed by atoms with E-state index < -0.39 is 8.07 Å². The van der Waals surface area contributed by atoms with Crippen LogP contribution < -0.4 is 5.19 Å². The van der Waals surface area contributed by atoms with Crippen LogP contribution in [0, 0.1) is 17.8 Å². The van der Waals surface area contributed by atoms with Crippen LogP contribution >= 0.6 is 0 Å². The van der Waals surface area contributed by atoms with Crippen LogP contribution in [0.25, 0.3) is 0 Å². The molecule has 3 aliphatic rings. The standard InChI is InChI=1S/C38H62O4Si/c1-6-7-9-12-30-13-15-31(16-14-30)32-17-19-33(20-18-32)34-21-22-37(35(25-34)26-42-38(39)29(2)3)43(4,5)24-11-8-10-23-40-27-36-28-41-36/h21-22,25,30-33,36H,2,6-20,23-24,26-28H2,1,3-5H3. The second-order valence-electron chi connectivity index (χ2n) is 14.9. The molecule has 1 unspecified atom stereocenters. The van der Waals surface area contributed by atoms with Gasteiger partial charge in [0.05, 0.1) is 21.3 Å². The zero-order chi connectivity index (χ0) is 30.7. The molecule has 0 bridgehead atoms. The maximum Gasteiger partial charge on any atom is 0.333 e. The van der Waals surface area contributed by atoms with Crippen LogP contribution in [0.3, 0.4) is 0 Å². The maximum absolute atomic E-state index is 12.3. The fraction of sp³-hybridized carbons (Fsp3) is 0.763. The van der Waals surface area contributed by atoms with Crippen LogP contribution in [0.4, 0.5) is 0 Å². The molecule has 4 nitrogen and oxygen atoms in total. The highest BCUT2D eigenvalue weighted by Crippen LogP contribution is 2.44. The normalized spacial score (nSPS) is 25.8. The number of rotatable bonds is 18. The van der Waals surface area contributed by atoms with Crippen LogP contribution in [-0.2, 0) is 25.6 Å². The summed E-state index contributed by atoms with van der Waals surface area (Å²) in [6.07, 6.45) is 20.8. The van der Waals surface area contributed by atoms with Crippen molar-refractivity contribution in [1.82, 2.24) is 0 Å². The van der Waals surface area contributed by atoms with E-state index in [1.807, 2.05) is 0 Å². The summed E-state index contributed by atoms with van der Waals surface area (Å²) in [5.41, 5.74) is 3.17. The van der Waals surface area contributed by atoms with Gasteiger partial charge in [0, 0.05) is 12.2 Å². The molecule has 1 heterocycles. The van der Waals surface area contributed by atoms with E-state index in [9.17, 15) is 4.79 Å². The third-order valence-corrected chi connectivity index (χ3v) is 14.4. The molecule has 1 aromatic rings. The average Bonchev–Trinajstić information content (AvgIpc) is 3.84. The van der Waals surface area contributed by atoms with Gasteiger partial charge in [0.1, 0.15) is 12.7 Å². The van der Waals surface area contributed by atoms with Gasteiger partial charge in [-0.25, -0.2) is 4.79 Å². The minimum absolute atomic E-state index is 0.284. The lowest BCUT2D eigenvalue weighted by Crippen LogP contribution is -2.43. The Labute approximate surface area is 264 Å². The number of epoxide rings is 1. The van der Waals surface area contributed by atoms with Crippen LogP contribution in [0.2, 0.25) is 19.1 Å². The predicted molar refractivity (Wildman–Crippen MR) is 182 cm³/mol. The van der Waals surface area contributed by atoms with Gasteiger partial charge in [-0.15, -0.1) is 0 Å². The Bertz CT molecular complexity index is 999. The lowest BCUT2D eigenvalue weighted by Gasteiger charge is -2.38. The predicted octanol–water partition coefficient (Wildman–Crippen LogP) is 9.47. The second-order valence-corrected chi connectivity index (χ2v) is 19.7. The quantitative estimate of drug-likeness (QED) is 0.0546. The molecule has 2 aliphatic carbocycles. The first-order chi connectivity index (χ1) is 20.8. The van der Waals surface area contributed by atoms with E-state index in [1.165, 1.54) is 112 Å². The van der Waals surface area contributed by atoms with E-state index in [-0.39, 0.29) is 5.97 Å². The number of ether oxygens (including phenoxy) is 3. The molecule has 3 fully saturated rings. The molecular weight excluding hydrogens is 549 g/mol. The lowest BCUT2D eigenvalue weighted by molar-refractivity contribution is -0.140. The van der Waals surface area contributed by atoms with E-state index in [1.54, 1.807) is 6.92 Å². The van der Waals surface area contributed by atoms with Crippen molar-refractivity contribution >= 4 is 19.2 Å². The Morgan fingerprint density at radius 3 is 2.30 bits per heavy atom. The highest BCUT2D eigenvalue weighted by Gasteiger charge is 2.32. The molecule has 0 spiro atoms. The third kappa shape index (κ3) is 11.1. The molecule has 0 N–H and O–H groups in total. The van der Waals surface area contributed by atoms with E-state index in [0.717, 1.165) is 44.0 Å². The summed E-state index contributed by atoms with van der Waals surface area (Å²) in [6.45, 7) is 15.6. The van der Waals surface area contributed by atoms with Gasteiger partial charge in [0.15, 0.2) is 0 Å². The first kappa shape index (κ1) is 34.4. The summed E-state index contributed by atoms with van der Waals surface area (Å²) < 4.78 is 16.7. The van der Waals surface area contributed by atoms with Crippen molar-refractivity contribution in [1.29, 1.82) is 0 Å². The van der Waals surface area contributed by atoms with Gasteiger partial charge in [0.2, 0.25) is 0 Å². The molecule has 5 heteroatoms. The molecule has 1 saturated heterocycles. The lowest BCUT2D eigenvalue weighted by atomic mass is 9.68. The summed E-state index contributed by atoms with van der Waals surface area (Å²) >= 11 is 0. The molecule has 242 valence electrons. The Morgan fingerprint density at radius 1 is 0.953 bits per heavy atom. The first-order valence-electron chi connectivity index (χ1n) is 17.9. The van der Waals surface area contributed by atoms with E-state index in [4.69, 9.17) is 14.2 Å². The molecule has 0 amide bonds. The van der Waals surface area contributed by atoms with Gasteiger partial charge >= 0.3 is 5.97 Å². The minimum Gasteiger partial charge on any atom is -0.457 e. The molecule has 2 saturated carbocycles. The van der Waals surface area contributed by atoms with Gasteiger partial charge in [-0.3, -0.25) is 0 Å². The Morgan fingerprint density at radius 2 is 1.65 bits per heavy atom. The molecule has 1 atom stereocenters. The maximum atomic E-state index is 12.3. The molecule has 0 radical (unpaired) electrons. The van der Waals surface area contributed by atoms with E-state index in [2.05, 4.69) is 44.8 Å². The average molecular weight is 611 g/mol. The molecule has 1 aliphatic heterocycles. The van der Waals surface area contributed by atoms with Crippen molar-refractivity contribution in [3.63, 3.8) is 0 Å². The summed E-state index contributed by atoms with van der Waals surface area (Å²) in [5, 5.41) is 1.46. The SMILES string of the molecule is C=C(C)C(=O)OCc1cc(C2CCC(C3CCC(CCCCC)CC3)CC2)ccc1[Si](C)(C)CCCCCOCC1CO1. The van der Waals surface area contributed by atoms with Crippen molar-refractivity contribution < 1.29 is 19.0 Å². The van der Waals surface area contributed by atoms with E-state index >= 15 is 0 Å². The zero-order valence-electron chi connectivity index (χ0n) is 28.1. The van der Waals surface area contributed by atoms with E-state index in [0.29, 0.717) is 24.2 Å². The van der Waals surface area contributed by atoms with Gasteiger partial charge in [-0.1, -0.05) is 107 Å². The number of benzene rings is 1. The number of carbonyl (C=O) groups is 1. The number of unbranched alkanes of at least 4 members (excludes halogenated alkanes) is 4. The highest BCUT2D eigenvalue weighted by atomic mass is 28.3. The van der Waals surface area contributed by atoms with Crippen LogP contribution in [0.15, 0.2) is 30.4 Å². The smallest absolute Gasteiger partial charge is 0.333 e. The first-order valence-corrected chi connectivity index (χ1v) is 21.1. The summed E-state index contributed by atoms with van der Waals surface area (Å²) in [7, 11) is -1.70. The van der Waals surface area contributed by atoms with Crippen molar-refractivity contribution in [2.24, 2.45) is 17.8 Å². The molecule has 43 heavy (non-hydrogen) atoms. The minimum atomic E-state index is -1.70. The molecule has 0 aromatic heterocycles. The van der Waals surface area contributed by atoms with Crippen LogP contribution in [0.5, 0.6) is 0 Å². The topological polar surface area (TPSA) is 48.1 Å². The Balaban J connectivity index is 1.30. The summed E-state index contributed by atoms with van der Waals surface area (Å²) in [6, 6.07) is 8.49. The Hall–Kier alpha value is -1.43. The zero-order valence-corrected chi connectivity index (χ0v) is 29.1. The van der Waals surface area contributed by atoms with Gasteiger partial charge in [-0.05, 0) is 86.7 Å². The van der Waals surface area contributed by atoms with Gasteiger partial charge < -0.3 is 14.2 Å². The number of carbonyl (C=O) groups excluding carboxylic acids is 1. The van der Waals surface area contributed by atoms with Crippen molar-refractivity contribution in [3.05, 3.63) is 41.5 Å². The second kappa shape index (κ2) is 17.3. The monoisotopic (exact) mass is 610 g/mol. The number of hydrogen-bond acceptors (Lipinski definition) is 4. The van der Waals surface area contributed by atoms with Crippen molar-refractivity contribution in [3.8, 4) is 0 Å². The van der Waals surface area contributed by atoms with Crippen molar-refractivity contribution in [2.75, 3.05) is 19.8 Å². The Kier molecular flexibility index (Phi) is 13.9. The highest BCUT2D eigenvalue weighted by molar-refractivity contribution is 6.90. The third-order valence-electron chi connectivity index (χ3n) is 10.9. The molecule has 1 aromatic carbocycles. The van der Waals surface area contributed by atoms with Crippen LogP contribution in [-0.4, -0.2) is 40.0 Å². The fourth-order valence-corrected chi connectivity index (χ4v) is 10.9. The van der Waals surface area contributed by atoms with Crippen molar-refractivity contribution in [2.45, 2.75) is 148 Å².